The summed E-state index contributed by atoms with van der Waals surface area (Å²) in [4.78, 5) is 49.4. The van der Waals surface area contributed by atoms with Crippen LogP contribution in [0.25, 0.3) is 0 Å². The van der Waals surface area contributed by atoms with Crippen LogP contribution in [0.3, 0.4) is 0 Å². The highest BCUT2D eigenvalue weighted by atomic mass is 32.2. The zero-order chi connectivity index (χ0) is 28.4. The molecule has 0 saturated carbocycles. The monoisotopic (exact) mass is 557 g/mol. The minimum atomic E-state index is -0.430. The Labute approximate surface area is 239 Å². The highest BCUT2D eigenvalue weighted by molar-refractivity contribution is 8.16. The number of fused-ring (bicyclic) bond motifs is 1. The Kier molecular flexibility index (Phi) is 8.12. The van der Waals surface area contributed by atoms with Crippen molar-refractivity contribution in [3.8, 4) is 0 Å². The normalized spacial score (nSPS) is 18.9. The molecule has 2 aromatic carbocycles. The maximum absolute atomic E-state index is 13.8. The quantitative estimate of drug-likeness (QED) is 0.534. The molecule has 1 saturated heterocycles. The van der Waals surface area contributed by atoms with Gasteiger partial charge in [-0.05, 0) is 41.5 Å². The number of carbonyl (C=O) groups is 3. The summed E-state index contributed by atoms with van der Waals surface area (Å²) < 4.78 is 0. The van der Waals surface area contributed by atoms with Gasteiger partial charge in [-0.2, -0.15) is 0 Å². The smallest absolute Gasteiger partial charge is 0.255 e. The minimum Gasteiger partial charge on any atom is -0.339 e. The molecular formula is C31H35N5O3S. The van der Waals surface area contributed by atoms with Crippen LogP contribution < -0.4 is 5.32 Å². The number of hydrogen-bond acceptors (Lipinski definition) is 6. The van der Waals surface area contributed by atoms with Gasteiger partial charge in [-0.25, -0.2) is 4.99 Å². The molecule has 208 valence electrons. The van der Waals surface area contributed by atoms with Crippen molar-refractivity contribution >= 4 is 40.3 Å². The number of thioether (sulfide) groups is 1. The van der Waals surface area contributed by atoms with Crippen LogP contribution in [0.15, 0.2) is 82.0 Å². The summed E-state index contributed by atoms with van der Waals surface area (Å²) in [6.45, 7) is 9.87. The molecule has 0 bridgehead atoms. The molecule has 40 heavy (non-hydrogen) atoms. The van der Waals surface area contributed by atoms with E-state index in [0.717, 1.165) is 16.4 Å². The molecular weight excluding hydrogens is 522 g/mol. The lowest BCUT2D eigenvalue weighted by Gasteiger charge is -2.38. The number of hydrogen-bond donors (Lipinski definition) is 1. The molecule has 3 amide bonds. The first-order valence-corrected chi connectivity index (χ1v) is 14.5. The van der Waals surface area contributed by atoms with Crippen LogP contribution in [0.2, 0.25) is 0 Å². The Hall–Kier alpha value is -3.85. The fraction of sp³-hybridized carbons (Fsp3) is 0.355. The largest absolute Gasteiger partial charge is 0.339 e. The van der Waals surface area contributed by atoms with Gasteiger partial charge in [-0.15, -0.1) is 0 Å². The number of amides is 3. The van der Waals surface area contributed by atoms with Crippen molar-refractivity contribution in [2.45, 2.75) is 46.1 Å². The Morgan fingerprint density at radius 1 is 0.975 bits per heavy atom. The first kappa shape index (κ1) is 27.7. The number of benzene rings is 2. The van der Waals surface area contributed by atoms with E-state index >= 15 is 0 Å². The second-order valence-electron chi connectivity index (χ2n) is 10.6. The fourth-order valence-electron chi connectivity index (χ4n) is 5.30. The standard InChI is InChI=1S/C31H35N5O3S/c1-20(2)23-10-12-24(13-11-23)29-28(30(39)33-25-8-6-5-7-9-25)21(3)32-31-36(29)26(19-40-31)18-27(38)35-16-14-34(15-17-35)22(4)37/h5-13,19-20,29H,14-18H2,1-4H3,(H,33,39). The van der Waals surface area contributed by atoms with Crippen molar-refractivity contribution < 1.29 is 14.4 Å². The average molecular weight is 558 g/mol. The van der Waals surface area contributed by atoms with E-state index < -0.39 is 6.04 Å². The molecule has 1 fully saturated rings. The summed E-state index contributed by atoms with van der Waals surface area (Å²) >= 11 is 1.48. The van der Waals surface area contributed by atoms with Crippen molar-refractivity contribution in [1.82, 2.24) is 14.7 Å². The summed E-state index contributed by atoms with van der Waals surface area (Å²) in [5.41, 5.74) is 4.93. The topological polar surface area (TPSA) is 85.3 Å². The molecule has 1 N–H and O–H groups in total. The fourth-order valence-corrected chi connectivity index (χ4v) is 6.26. The van der Waals surface area contributed by atoms with E-state index in [0.29, 0.717) is 49.1 Å². The Bertz CT molecular complexity index is 1390. The highest BCUT2D eigenvalue weighted by Crippen LogP contribution is 2.45. The van der Waals surface area contributed by atoms with E-state index in [4.69, 9.17) is 4.99 Å². The van der Waals surface area contributed by atoms with Gasteiger partial charge in [0.25, 0.3) is 5.91 Å². The van der Waals surface area contributed by atoms with Gasteiger partial charge in [0.15, 0.2) is 5.17 Å². The second-order valence-corrected chi connectivity index (χ2v) is 11.4. The first-order valence-electron chi connectivity index (χ1n) is 13.7. The predicted octanol–water partition coefficient (Wildman–Crippen LogP) is 5.10. The van der Waals surface area contributed by atoms with Crippen LogP contribution in [0.4, 0.5) is 5.69 Å². The van der Waals surface area contributed by atoms with E-state index in [2.05, 4.69) is 43.4 Å². The number of carbonyl (C=O) groups excluding carboxylic acids is 3. The van der Waals surface area contributed by atoms with Crippen LogP contribution in [0.5, 0.6) is 0 Å². The van der Waals surface area contributed by atoms with Crippen molar-refractivity contribution in [3.63, 3.8) is 0 Å². The summed E-state index contributed by atoms with van der Waals surface area (Å²) in [5, 5.41) is 5.78. The van der Waals surface area contributed by atoms with Crippen molar-refractivity contribution in [2.75, 3.05) is 31.5 Å². The van der Waals surface area contributed by atoms with E-state index in [1.807, 2.05) is 52.5 Å². The second kappa shape index (κ2) is 11.7. The summed E-state index contributed by atoms with van der Waals surface area (Å²) in [5.74, 6) is 0.208. The van der Waals surface area contributed by atoms with Gasteiger partial charge in [-0.3, -0.25) is 14.4 Å². The van der Waals surface area contributed by atoms with Crippen molar-refractivity contribution in [2.24, 2.45) is 4.99 Å². The van der Waals surface area contributed by atoms with E-state index in [-0.39, 0.29) is 24.1 Å². The highest BCUT2D eigenvalue weighted by Gasteiger charge is 2.41. The zero-order valence-electron chi connectivity index (χ0n) is 23.4. The molecule has 2 aromatic rings. The van der Waals surface area contributed by atoms with Gasteiger partial charge in [0.05, 0.1) is 23.7 Å². The van der Waals surface area contributed by atoms with Crippen LogP contribution in [-0.4, -0.2) is 63.8 Å². The maximum Gasteiger partial charge on any atom is 0.255 e. The Morgan fingerprint density at radius 2 is 1.62 bits per heavy atom. The lowest BCUT2D eigenvalue weighted by atomic mass is 9.91. The summed E-state index contributed by atoms with van der Waals surface area (Å²) in [6, 6.07) is 17.3. The summed E-state index contributed by atoms with van der Waals surface area (Å²) in [6.07, 6.45) is 0.194. The molecule has 9 heteroatoms. The van der Waals surface area contributed by atoms with Gasteiger partial charge in [0.1, 0.15) is 0 Å². The Morgan fingerprint density at radius 3 is 2.25 bits per heavy atom. The van der Waals surface area contributed by atoms with E-state index in [9.17, 15) is 14.4 Å². The lowest BCUT2D eigenvalue weighted by Crippen LogP contribution is -2.50. The third kappa shape index (κ3) is 5.70. The van der Waals surface area contributed by atoms with E-state index in [1.54, 1.807) is 11.8 Å². The number of allylic oxidation sites excluding steroid dienone is 1. The van der Waals surface area contributed by atoms with Gasteiger partial charge in [0, 0.05) is 44.5 Å². The van der Waals surface area contributed by atoms with E-state index in [1.165, 1.54) is 17.3 Å². The van der Waals surface area contributed by atoms with Crippen LogP contribution in [0.1, 0.15) is 57.2 Å². The zero-order valence-corrected chi connectivity index (χ0v) is 24.2. The lowest BCUT2D eigenvalue weighted by molar-refractivity contribution is -0.138. The number of para-hydroxylation sites is 1. The number of rotatable bonds is 6. The molecule has 1 atom stereocenters. The number of nitrogens with one attached hydrogen (secondary N) is 1. The van der Waals surface area contributed by atoms with Gasteiger partial charge in [0.2, 0.25) is 11.8 Å². The van der Waals surface area contributed by atoms with Crippen molar-refractivity contribution in [1.29, 1.82) is 0 Å². The Balaban J connectivity index is 1.45. The number of anilines is 1. The number of nitrogens with zero attached hydrogens (tertiary/aromatic N) is 4. The molecule has 0 spiro atoms. The van der Waals surface area contributed by atoms with Crippen molar-refractivity contribution in [3.05, 3.63) is 88.1 Å². The number of aliphatic imine (C=N–C) groups is 1. The van der Waals surface area contributed by atoms with Crippen LogP contribution in [0, 0.1) is 0 Å². The molecule has 5 rings (SSSR count). The van der Waals surface area contributed by atoms with Gasteiger partial charge in [-0.1, -0.05) is 68.1 Å². The predicted molar refractivity (Wildman–Crippen MR) is 159 cm³/mol. The van der Waals surface area contributed by atoms with Gasteiger partial charge < -0.3 is 20.0 Å². The number of piperazine rings is 1. The van der Waals surface area contributed by atoms with Crippen LogP contribution >= 0.6 is 11.8 Å². The molecule has 0 aliphatic carbocycles. The molecule has 3 aliphatic rings. The summed E-state index contributed by atoms with van der Waals surface area (Å²) in [7, 11) is 0. The average Bonchev–Trinajstić information content (AvgIpc) is 3.34. The molecule has 8 nitrogen and oxygen atoms in total. The first-order chi connectivity index (χ1) is 19.2. The molecule has 0 aromatic heterocycles. The molecule has 3 aliphatic heterocycles. The van der Waals surface area contributed by atoms with Gasteiger partial charge >= 0.3 is 0 Å². The minimum absolute atomic E-state index is 0.00627. The third-order valence-electron chi connectivity index (χ3n) is 7.61. The third-order valence-corrected chi connectivity index (χ3v) is 8.49. The molecule has 1 unspecified atom stereocenters. The number of amidine groups is 1. The molecule has 3 heterocycles. The van der Waals surface area contributed by atoms with Crippen LogP contribution in [-0.2, 0) is 14.4 Å². The molecule has 0 radical (unpaired) electrons. The maximum atomic E-state index is 13.8. The SMILES string of the molecule is CC(=O)N1CCN(C(=O)CC2=CSC3=NC(C)=C(C(=O)Nc4ccccc4)C(c4ccc(C(C)C)cc4)N23)CC1.